The van der Waals surface area contributed by atoms with E-state index >= 15 is 0 Å². The highest BCUT2D eigenvalue weighted by Gasteiger charge is 2.30. The van der Waals surface area contributed by atoms with Crippen molar-refractivity contribution in [1.82, 2.24) is 0 Å². The van der Waals surface area contributed by atoms with E-state index in [1.807, 2.05) is 12.1 Å². The molecule has 0 amide bonds. The van der Waals surface area contributed by atoms with Crippen LogP contribution >= 0.6 is 15.9 Å². The molecule has 100 valence electrons. The van der Waals surface area contributed by atoms with Crippen LogP contribution in [0.3, 0.4) is 0 Å². The maximum absolute atomic E-state index is 10.8. The van der Waals surface area contributed by atoms with Gasteiger partial charge in [0.15, 0.2) is 6.10 Å². The van der Waals surface area contributed by atoms with Gasteiger partial charge in [-0.25, -0.2) is 4.79 Å². The lowest BCUT2D eigenvalue weighted by Crippen LogP contribution is -2.24. The third-order valence-corrected chi connectivity index (χ3v) is 3.50. The van der Waals surface area contributed by atoms with Crippen molar-refractivity contribution in [3.05, 3.63) is 28.2 Å². The number of carbonyl (C=O) groups is 1. The van der Waals surface area contributed by atoms with Crippen molar-refractivity contribution < 1.29 is 14.6 Å². The molecule has 1 aromatic carbocycles. The maximum Gasteiger partial charge on any atom is 0.332 e. The van der Waals surface area contributed by atoms with E-state index in [0.717, 1.165) is 10.2 Å². The third kappa shape index (κ3) is 3.46. The molecular formula is C13H13BrN2O3. The lowest BCUT2D eigenvalue weighted by molar-refractivity contribution is -0.149. The lowest BCUT2D eigenvalue weighted by atomic mass is 10.1. The highest BCUT2D eigenvalue weighted by molar-refractivity contribution is 9.10. The number of hydrogen-bond donors (Lipinski definition) is 2. The Morgan fingerprint density at radius 3 is 3.00 bits per heavy atom. The molecule has 2 N–H and O–H groups in total. The van der Waals surface area contributed by atoms with Crippen molar-refractivity contribution >= 4 is 27.6 Å². The number of nitriles is 1. The van der Waals surface area contributed by atoms with Crippen LogP contribution in [0.5, 0.6) is 0 Å². The van der Waals surface area contributed by atoms with E-state index in [0.29, 0.717) is 24.9 Å². The molecule has 1 aliphatic heterocycles. The van der Waals surface area contributed by atoms with Crippen LogP contribution in [0.4, 0.5) is 5.69 Å². The Hall–Kier alpha value is -1.58. The van der Waals surface area contributed by atoms with Gasteiger partial charge in [0.1, 0.15) is 6.07 Å². The molecule has 0 bridgehead atoms. The van der Waals surface area contributed by atoms with E-state index in [9.17, 15) is 4.79 Å². The van der Waals surface area contributed by atoms with Crippen LogP contribution in [0, 0.1) is 11.3 Å². The van der Waals surface area contributed by atoms with E-state index in [4.69, 9.17) is 15.1 Å². The van der Waals surface area contributed by atoms with Crippen molar-refractivity contribution in [2.24, 2.45) is 0 Å². The zero-order valence-corrected chi connectivity index (χ0v) is 11.7. The number of ether oxygens (including phenoxy) is 1. The molecule has 0 saturated carbocycles. The summed E-state index contributed by atoms with van der Waals surface area (Å²) >= 11 is 3.31. The Kier molecular flexibility index (Phi) is 4.40. The molecule has 2 rings (SSSR count). The standard InChI is InChI=1S/C13H13BrN2O3/c14-9-1-3-11(8(5-9)6-15)16-7-10-2-4-12(19-10)13(17)18/h1,3,5,10,12,16H,2,4,7H2,(H,17,18). The third-order valence-electron chi connectivity index (χ3n) is 3.01. The predicted octanol–water partition coefficient (Wildman–Crippen LogP) is 2.36. The molecule has 2 atom stereocenters. The Morgan fingerprint density at radius 2 is 2.37 bits per heavy atom. The molecule has 5 nitrogen and oxygen atoms in total. The summed E-state index contributed by atoms with van der Waals surface area (Å²) in [6, 6.07) is 7.50. The number of hydrogen-bond acceptors (Lipinski definition) is 4. The van der Waals surface area contributed by atoms with E-state index in [-0.39, 0.29) is 6.10 Å². The van der Waals surface area contributed by atoms with Gasteiger partial charge in [0.25, 0.3) is 0 Å². The van der Waals surface area contributed by atoms with Gasteiger partial charge in [-0.1, -0.05) is 15.9 Å². The van der Waals surface area contributed by atoms with Gasteiger partial charge >= 0.3 is 5.97 Å². The second kappa shape index (κ2) is 6.04. The maximum atomic E-state index is 10.8. The summed E-state index contributed by atoms with van der Waals surface area (Å²) in [5, 5.41) is 21.0. The minimum absolute atomic E-state index is 0.128. The highest BCUT2D eigenvalue weighted by Crippen LogP contribution is 2.23. The Balaban J connectivity index is 1.93. The number of halogens is 1. The summed E-state index contributed by atoms with van der Waals surface area (Å²) in [6.07, 6.45) is 0.415. The number of rotatable bonds is 4. The monoisotopic (exact) mass is 324 g/mol. The van der Waals surface area contributed by atoms with E-state index < -0.39 is 12.1 Å². The highest BCUT2D eigenvalue weighted by atomic mass is 79.9. The SMILES string of the molecule is N#Cc1cc(Br)ccc1NCC1CCC(C(=O)O)O1. The summed E-state index contributed by atoms with van der Waals surface area (Å²) < 4.78 is 6.23. The second-order valence-electron chi connectivity index (χ2n) is 4.34. The van der Waals surface area contributed by atoms with Crippen LogP contribution < -0.4 is 5.32 Å². The van der Waals surface area contributed by atoms with Crippen LogP contribution in [0.2, 0.25) is 0 Å². The van der Waals surface area contributed by atoms with Crippen molar-refractivity contribution in [2.45, 2.75) is 25.0 Å². The number of anilines is 1. The van der Waals surface area contributed by atoms with Crippen LogP contribution in [0.1, 0.15) is 18.4 Å². The van der Waals surface area contributed by atoms with Gasteiger partial charge < -0.3 is 15.2 Å². The minimum atomic E-state index is -0.913. The molecule has 1 fully saturated rings. The largest absolute Gasteiger partial charge is 0.479 e. The normalized spacial score (nSPS) is 21.9. The molecule has 1 saturated heterocycles. The zero-order chi connectivity index (χ0) is 13.8. The second-order valence-corrected chi connectivity index (χ2v) is 5.26. The number of aliphatic carboxylic acids is 1. The predicted molar refractivity (Wildman–Crippen MR) is 72.9 cm³/mol. The fraction of sp³-hybridized carbons (Fsp3) is 0.385. The Labute approximate surface area is 119 Å². The number of benzene rings is 1. The molecule has 1 aromatic rings. The van der Waals surface area contributed by atoms with Crippen molar-refractivity contribution in [3.63, 3.8) is 0 Å². The molecule has 6 heteroatoms. The summed E-state index contributed by atoms with van der Waals surface area (Å²) in [7, 11) is 0. The molecule has 19 heavy (non-hydrogen) atoms. The molecule has 0 radical (unpaired) electrons. The summed E-state index contributed by atoms with van der Waals surface area (Å²) in [5.41, 5.74) is 1.27. The first-order chi connectivity index (χ1) is 9.10. The fourth-order valence-electron chi connectivity index (χ4n) is 2.02. The molecule has 0 spiro atoms. The minimum Gasteiger partial charge on any atom is -0.479 e. The first-order valence-corrected chi connectivity index (χ1v) is 6.71. The Morgan fingerprint density at radius 1 is 1.58 bits per heavy atom. The van der Waals surface area contributed by atoms with Gasteiger partial charge in [-0.2, -0.15) is 5.26 Å². The van der Waals surface area contributed by atoms with Gasteiger partial charge in [-0.05, 0) is 31.0 Å². The molecule has 0 aromatic heterocycles. The summed E-state index contributed by atoms with van der Waals surface area (Å²) in [4.78, 5) is 10.8. The van der Waals surface area contributed by atoms with Gasteiger partial charge in [0, 0.05) is 11.0 Å². The number of carboxylic acid groups (broad SMARTS) is 1. The average Bonchev–Trinajstić information content (AvgIpc) is 2.86. The topological polar surface area (TPSA) is 82.4 Å². The van der Waals surface area contributed by atoms with Gasteiger partial charge in [-0.15, -0.1) is 0 Å². The van der Waals surface area contributed by atoms with Gasteiger partial charge in [0.05, 0.1) is 17.4 Å². The van der Waals surface area contributed by atoms with Crippen molar-refractivity contribution in [1.29, 1.82) is 5.26 Å². The molecule has 1 aliphatic rings. The van der Waals surface area contributed by atoms with Gasteiger partial charge in [0.2, 0.25) is 0 Å². The molecule has 2 unspecified atom stereocenters. The molecular weight excluding hydrogens is 312 g/mol. The smallest absolute Gasteiger partial charge is 0.332 e. The quantitative estimate of drug-likeness (QED) is 0.888. The van der Waals surface area contributed by atoms with Crippen LogP contribution in [-0.4, -0.2) is 29.8 Å². The summed E-state index contributed by atoms with van der Waals surface area (Å²) in [5.74, 6) is -0.913. The van der Waals surface area contributed by atoms with Crippen LogP contribution in [-0.2, 0) is 9.53 Å². The molecule has 1 heterocycles. The fourth-order valence-corrected chi connectivity index (χ4v) is 2.39. The first-order valence-electron chi connectivity index (χ1n) is 5.92. The van der Waals surface area contributed by atoms with Crippen LogP contribution in [0.15, 0.2) is 22.7 Å². The van der Waals surface area contributed by atoms with Crippen molar-refractivity contribution in [3.8, 4) is 6.07 Å². The number of carboxylic acids is 1. The van der Waals surface area contributed by atoms with E-state index in [2.05, 4.69) is 27.3 Å². The van der Waals surface area contributed by atoms with E-state index in [1.54, 1.807) is 6.07 Å². The molecule has 0 aliphatic carbocycles. The van der Waals surface area contributed by atoms with E-state index in [1.165, 1.54) is 0 Å². The van der Waals surface area contributed by atoms with Crippen molar-refractivity contribution in [2.75, 3.05) is 11.9 Å². The lowest BCUT2D eigenvalue weighted by Gasteiger charge is -2.14. The summed E-state index contributed by atoms with van der Waals surface area (Å²) in [6.45, 7) is 0.500. The number of nitrogens with one attached hydrogen (secondary N) is 1. The zero-order valence-electron chi connectivity index (χ0n) is 10.1. The average molecular weight is 325 g/mol. The first kappa shape index (κ1) is 13.8. The van der Waals surface area contributed by atoms with Crippen LogP contribution in [0.25, 0.3) is 0 Å². The van der Waals surface area contributed by atoms with Gasteiger partial charge in [-0.3, -0.25) is 0 Å². The number of nitrogens with zero attached hydrogens (tertiary/aromatic N) is 1. The Bertz CT molecular complexity index is 527.